The number of fused-ring (bicyclic) bond motifs is 1. The Morgan fingerprint density at radius 1 is 0.786 bits per heavy atom. The first kappa shape index (κ1) is 17.8. The van der Waals surface area contributed by atoms with Crippen molar-refractivity contribution in [1.82, 2.24) is 9.97 Å². The summed E-state index contributed by atoms with van der Waals surface area (Å²) in [6.45, 7) is 2.07. The third-order valence-electron chi connectivity index (χ3n) is 4.56. The molecule has 0 saturated heterocycles. The van der Waals surface area contributed by atoms with Crippen LogP contribution in [0.15, 0.2) is 66.7 Å². The maximum absolute atomic E-state index is 5.43. The molecule has 0 aliphatic heterocycles. The van der Waals surface area contributed by atoms with Crippen LogP contribution in [0.1, 0.15) is 5.56 Å². The number of methoxy groups -OCH3 is 2. The SMILES string of the molecule is COc1ccc(-c2nc(Nc3ccc(C)cc3)c3ccccc3n2)cc1OC. The van der Waals surface area contributed by atoms with Crippen LogP contribution in [0.3, 0.4) is 0 Å². The highest BCUT2D eigenvalue weighted by atomic mass is 16.5. The number of aryl methyl sites for hydroxylation is 1. The second-order valence-electron chi connectivity index (χ2n) is 6.47. The van der Waals surface area contributed by atoms with Crippen molar-refractivity contribution in [2.24, 2.45) is 0 Å². The van der Waals surface area contributed by atoms with Gasteiger partial charge in [-0.05, 0) is 49.4 Å². The molecule has 1 aromatic heterocycles. The average Bonchev–Trinajstić information content (AvgIpc) is 2.74. The molecule has 28 heavy (non-hydrogen) atoms. The van der Waals surface area contributed by atoms with Gasteiger partial charge in [0.05, 0.1) is 19.7 Å². The Morgan fingerprint density at radius 3 is 2.29 bits per heavy atom. The van der Waals surface area contributed by atoms with Gasteiger partial charge in [0, 0.05) is 16.6 Å². The van der Waals surface area contributed by atoms with E-state index in [1.54, 1.807) is 14.2 Å². The fourth-order valence-corrected chi connectivity index (χ4v) is 3.05. The van der Waals surface area contributed by atoms with Crippen molar-refractivity contribution < 1.29 is 9.47 Å². The fraction of sp³-hybridized carbons (Fsp3) is 0.130. The highest BCUT2D eigenvalue weighted by Crippen LogP contribution is 2.33. The van der Waals surface area contributed by atoms with Gasteiger partial charge in [0.1, 0.15) is 5.82 Å². The largest absolute Gasteiger partial charge is 0.493 e. The van der Waals surface area contributed by atoms with Crippen molar-refractivity contribution in [3.05, 3.63) is 72.3 Å². The first-order valence-corrected chi connectivity index (χ1v) is 9.01. The van der Waals surface area contributed by atoms with Gasteiger partial charge in [-0.15, -0.1) is 0 Å². The molecule has 0 aliphatic rings. The Bertz CT molecular complexity index is 1120. The van der Waals surface area contributed by atoms with Gasteiger partial charge in [0.15, 0.2) is 17.3 Å². The monoisotopic (exact) mass is 371 g/mol. The number of para-hydroxylation sites is 1. The lowest BCUT2D eigenvalue weighted by Crippen LogP contribution is -2.00. The standard InChI is InChI=1S/C23H21N3O2/c1-15-8-11-17(12-9-15)24-23-18-6-4-5-7-19(18)25-22(26-23)16-10-13-20(27-2)21(14-16)28-3/h4-14H,1-3H3,(H,24,25,26). The third-order valence-corrected chi connectivity index (χ3v) is 4.56. The number of anilines is 2. The Hall–Kier alpha value is -3.60. The van der Waals surface area contributed by atoms with Crippen LogP contribution in [0, 0.1) is 6.92 Å². The molecule has 0 bridgehead atoms. The molecule has 0 aliphatic carbocycles. The van der Waals surface area contributed by atoms with Crippen LogP contribution < -0.4 is 14.8 Å². The van der Waals surface area contributed by atoms with Gasteiger partial charge in [0.25, 0.3) is 0 Å². The molecular formula is C23H21N3O2. The predicted octanol–water partition coefficient (Wildman–Crippen LogP) is 5.37. The molecule has 0 atom stereocenters. The molecule has 5 nitrogen and oxygen atoms in total. The molecule has 3 aromatic carbocycles. The summed E-state index contributed by atoms with van der Waals surface area (Å²) in [5.41, 5.74) is 3.92. The second kappa shape index (κ2) is 7.56. The lowest BCUT2D eigenvalue weighted by atomic mass is 10.1. The van der Waals surface area contributed by atoms with Crippen LogP contribution in [-0.4, -0.2) is 24.2 Å². The summed E-state index contributed by atoms with van der Waals surface area (Å²) < 4.78 is 10.8. The molecule has 1 N–H and O–H groups in total. The van der Waals surface area contributed by atoms with E-state index in [1.807, 2.05) is 54.6 Å². The second-order valence-corrected chi connectivity index (χ2v) is 6.47. The summed E-state index contributed by atoms with van der Waals surface area (Å²) in [4.78, 5) is 9.55. The topological polar surface area (TPSA) is 56.3 Å². The summed E-state index contributed by atoms with van der Waals surface area (Å²) in [7, 11) is 3.24. The van der Waals surface area contributed by atoms with Gasteiger partial charge >= 0.3 is 0 Å². The van der Waals surface area contributed by atoms with Crippen molar-refractivity contribution in [2.75, 3.05) is 19.5 Å². The minimum atomic E-state index is 0.620. The summed E-state index contributed by atoms with van der Waals surface area (Å²) in [6.07, 6.45) is 0. The highest BCUT2D eigenvalue weighted by molar-refractivity contribution is 5.92. The number of hydrogen-bond donors (Lipinski definition) is 1. The van der Waals surface area contributed by atoms with E-state index in [-0.39, 0.29) is 0 Å². The molecule has 0 amide bonds. The van der Waals surface area contributed by atoms with E-state index in [0.717, 1.165) is 28.0 Å². The molecule has 0 spiro atoms. The van der Waals surface area contributed by atoms with Crippen molar-refractivity contribution >= 4 is 22.4 Å². The van der Waals surface area contributed by atoms with E-state index in [9.17, 15) is 0 Å². The van der Waals surface area contributed by atoms with E-state index < -0.39 is 0 Å². The normalized spacial score (nSPS) is 10.7. The van der Waals surface area contributed by atoms with Gasteiger partial charge in [-0.3, -0.25) is 0 Å². The first-order chi connectivity index (χ1) is 13.7. The van der Waals surface area contributed by atoms with Gasteiger partial charge in [-0.1, -0.05) is 29.8 Å². The molecule has 0 unspecified atom stereocenters. The van der Waals surface area contributed by atoms with Crippen LogP contribution in [0.5, 0.6) is 11.5 Å². The number of aromatic nitrogens is 2. The summed E-state index contributed by atoms with van der Waals surface area (Å²) >= 11 is 0. The van der Waals surface area contributed by atoms with Crippen molar-refractivity contribution in [1.29, 1.82) is 0 Å². The quantitative estimate of drug-likeness (QED) is 0.511. The fourth-order valence-electron chi connectivity index (χ4n) is 3.05. The molecule has 0 saturated carbocycles. The maximum atomic E-state index is 5.43. The Kier molecular flexibility index (Phi) is 4.81. The molecule has 0 radical (unpaired) electrons. The predicted molar refractivity (Wildman–Crippen MR) is 113 cm³/mol. The van der Waals surface area contributed by atoms with E-state index in [4.69, 9.17) is 19.4 Å². The van der Waals surface area contributed by atoms with Crippen molar-refractivity contribution in [3.8, 4) is 22.9 Å². The minimum absolute atomic E-state index is 0.620. The molecule has 5 heteroatoms. The van der Waals surface area contributed by atoms with Crippen LogP contribution in [0.25, 0.3) is 22.3 Å². The third kappa shape index (κ3) is 3.47. The first-order valence-electron chi connectivity index (χ1n) is 9.01. The van der Waals surface area contributed by atoms with Crippen LogP contribution in [0.4, 0.5) is 11.5 Å². The molecule has 140 valence electrons. The van der Waals surface area contributed by atoms with Crippen LogP contribution in [0.2, 0.25) is 0 Å². The highest BCUT2D eigenvalue weighted by Gasteiger charge is 2.12. The number of nitrogens with zero attached hydrogens (tertiary/aromatic N) is 2. The lowest BCUT2D eigenvalue weighted by molar-refractivity contribution is 0.355. The summed E-state index contributed by atoms with van der Waals surface area (Å²) in [5.74, 6) is 2.70. The average molecular weight is 371 g/mol. The van der Waals surface area contributed by atoms with Gasteiger partial charge in [0.2, 0.25) is 0 Å². The zero-order valence-electron chi connectivity index (χ0n) is 16.1. The van der Waals surface area contributed by atoms with Crippen molar-refractivity contribution in [2.45, 2.75) is 6.92 Å². The van der Waals surface area contributed by atoms with Crippen molar-refractivity contribution in [3.63, 3.8) is 0 Å². The number of ether oxygens (including phenoxy) is 2. The summed E-state index contributed by atoms with van der Waals surface area (Å²) in [5, 5.41) is 4.39. The molecule has 0 fully saturated rings. The zero-order valence-corrected chi connectivity index (χ0v) is 16.1. The Labute approximate surface area is 164 Å². The smallest absolute Gasteiger partial charge is 0.162 e. The summed E-state index contributed by atoms with van der Waals surface area (Å²) in [6, 6.07) is 21.9. The van der Waals surface area contributed by atoms with E-state index in [1.165, 1.54) is 5.56 Å². The van der Waals surface area contributed by atoms with Crippen LogP contribution in [-0.2, 0) is 0 Å². The molecule has 4 aromatic rings. The Balaban J connectivity index is 1.83. The minimum Gasteiger partial charge on any atom is -0.493 e. The van der Waals surface area contributed by atoms with E-state index in [0.29, 0.717) is 17.3 Å². The zero-order chi connectivity index (χ0) is 19.5. The van der Waals surface area contributed by atoms with E-state index >= 15 is 0 Å². The number of benzene rings is 3. The molecule has 4 rings (SSSR count). The number of nitrogens with one attached hydrogen (secondary N) is 1. The van der Waals surface area contributed by atoms with Crippen LogP contribution >= 0.6 is 0 Å². The van der Waals surface area contributed by atoms with Gasteiger partial charge in [-0.25, -0.2) is 9.97 Å². The Morgan fingerprint density at radius 2 is 1.54 bits per heavy atom. The van der Waals surface area contributed by atoms with Gasteiger partial charge in [-0.2, -0.15) is 0 Å². The lowest BCUT2D eigenvalue weighted by Gasteiger charge is -2.13. The maximum Gasteiger partial charge on any atom is 0.162 e. The van der Waals surface area contributed by atoms with E-state index in [2.05, 4.69) is 24.4 Å². The number of hydrogen-bond acceptors (Lipinski definition) is 5. The van der Waals surface area contributed by atoms with Gasteiger partial charge < -0.3 is 14.8 Å². The molecule has 1 heterocycles. The number of rotatable bonds is 5. The molecular weight excluding hydrogens is 350 g/mol.